The summed E-state index contributed by atoms with van der Waals surface area (Å²) < 4.78 is 12.1. The van der Waals surface area contributed by atoms with E-state index in [0.717, 1.165) is 58.2 Å². The molecule has 1 aromatic heterocycles. The molecule has 0 spiro atoms. The zero-order valence-corrected chi connectivity index (χ0v) is 28.1. The minimum absolute atomic E-state index is 0.0303. The Balaban J connectivity index is 1.46. The van der Waals surface area contributed by atoms with E-state index in [1.165, 1.54) is 16.2 Å². The number of hydrogen-bond donors (Lipinski definition) is 1. The molecule has 1 saturated carbocycles. The summed E-state index contributed by atoms with van der Waals surface area (Å²) in [6, 6.07) is 21.8. The van der Waals surface area contributed by atoms with Gasteiger partial charge in [0.1, 0.15) is 16.4 Å². The second-order valence-corrected chi connectivity index (χ2v) is 14.1. The lowest BCUT2D eigenvalue weighted by molar-refractivity contribution is 0.0535. The molecule has 1 aliphatic carbocycles. The number of carbonyl (C=O) groups excluding carboxylic acids is 1. The minimum atomic E-state index is -0.898. The van der Waals surface area contributed by atoms with Gasteiger partial charge in [0.05, 0.1) is 19.2 Å². The number of benzene rings is 3. The zero-order valence-electron chi connectivity index (χ0n) is 26.5. The van der Waals surface area contributed by atoms with E-state index in [4.69, 9.17) is 21.1 Å². The predicted molar refractivity (Wildman–Crippen MR) is 182 cm³/mol. The van der Waals surface area contributed by atoms with Crippen molar-refractivity contribution in [2.45, 2.75) is 64.6 Å². The van der Waals surface area contributed by atoms with Crippen molar-refractivity contribution in [3.63, 3.8) is 0 Å². The Morgan fingerprint density at radius 3 is 2.20 bits per heavy atom. The van der Waals surface area contributed by atoms with Crippen molar-refractivity contribution in [2.24, 2.45) is 5.92 Å². The van der Waals surface area contributed by atoms with Crippen LogP contribution in [0.5, 0.6) is 11.5 Å². The number of amides is 2. The lowest BCUT2D eigenvalue weighted by atomic mass is 9.84. The zero-order chi connectivity index (χ0) is 32.3. The summed E-state index contributed by atoms with van der Waals surface area (Å²) in [6.45, 7) is 6.62. The summed E-state index contributed by atoms with van der Waals surface area (Å²) >= 11 is 8.27. The SMILES string of the molecule is COc1ccc(-c2ccc(OC)c(CN(C(=O)c3sc4ccccc4c3Cl)C3CCC(CN(C(=O)O)C(C)(C)C)CC3)c2)cc1. The van der Waals surface area contributed by atoms with Crippen LogP contribution < -0.4 is 9.47 Å². The van der Waals surface area contributed by atoms with Gasteiger partial charge in [-0.3, -0.25) is 4.79 Å². The van der Waals surface area contributed by atoms with Crippen molar-refractivity contribution in [3.05, 3.63) is 82.2 Å². The number of nitrogens with zero attached hydrogens (tertiary/aromatic N) is 2. The quantitative estimate of drug-likeness (QED) is 0.196. The number of carbonyl (C=O) groups is 2. The Bertz CT molecular complexity index is 1650. The fraction of sp³-hybridized carbons (Fsp3) is 0.389. The highest BCUT2D eigenvalue weighted by atomic mass is 35.5. The van der Waals surface area contributed by atoms with Crippen LogP contribution in [0.15, 0.2) is 66.7 Å². The van der Waals surface area contributed by atoms with Gasteiger partial charge in [-0.05, 0) is 93.8 Å². The van der Waals surface area contributed by atoms with E-state index in [2.05, 4.69) is 6.07 Å². The fourth-order valence-corrected chi connectivity index (χ4v) is 7.70. The maximum absolute atomic E-state index is 14.5. The van der Waals surface area contributed by atoms with Crippen LogP contribution in [0, 0.1) is 5.92 Å². The lowest BCUT2D eigenvalue weighted by Crippen LogP contribution is -2.48. The second-order valence-electron chi connectivity index (χ2n) is 12.7. The molecule has 0 unspecified atom stereocenters. The predicted octanol–water partition coefficient (Wildman–Crippen LogP) is 9.22. The largest absolute Gasteiger partial charge is 0.497 e. The molecule has 4 aromatic rings. The highest BCUT2D eigenvalue weighted by molar-refractivity contribution is 7.21. The third-order valence-corrected chi connectivity index (χ3v) is 10.4. The van der Waals surface area contributed by atoms with E-state index in [1.807, 2.05) is 86.3 Å². The molecule has 0 saturated heterocycles. The van der Waals surface area contributed by atoms with Crippen molar-refractivity contribution in [2.75, 3.05) is 20.8 Å². The molecule has 0 aliphatic heterocycles. The van der Waals surface area contributed by atoms with Crippen LogP contribution in [0.3, 0.4) is 0 Å². The number of fused-ring (bicyclic) bond motifs is 1. The Hall–Kier alpha value is -3.75. The summed E-state index contributed by atoms with van der Waals surface area (Å²) in [4.78, 5) is 30.5. The van der Waals surface area contributed by atoms with E-state index >= 15 is 0 Å². The van der Waals surface area contributed by atoms with Crippen molar-refractivity contribution >= 4 is 45.0 Å². The lowest BCUT2D eigenvalue weighted by Gasteiger charge is -2.40. The molecule has 238 valence electrons. The number of methoxy groups -OCH3 is 2. The number of ether oxygens (including phenoxy) is 2. The maximum atomic E-state index is 14.5. The van der Waals surface area contributed by atoms with Crippen molar-refractivity contribution in [1.82, 2.24) is 9.80 Å². The van der Waals surface area contributed by atoms with E-state index < -0.39 is 11.6 Å². The van der Waals surface area contributed by atoms with Gasteiger partial charge < -0.3 is 24.4 Å². The molecular weight excluding hydrogens is 608 g/mol. The Morgan fingerprint density at radius 1 is 0.933 bits per heavy atom. The first-order valence-corrected chi connectivity index (χ1v) is 16.5. The van der Waals surface area contributed by atoms with Gasteiger partial charge in [0, 0.05) is 40.3 Å². The first-order valence-electron chi connectivity index (χ1n) is 15.3. The Morgan fingerprint density at radius 2 is 1.60 bits per heavy atom. The molecule has 7 nitrogen and oxygen atoms in total. The molecule has 1 fully saturated rings. The molecular formula is C36H41ClN2O5S. The van der Waals surface area contributed by atoms with Crippen LogP contribution in [0.25, 0.3) is 21.2 Å². The smallest absolute Gasteiger partial charge is 0.407 e. The molecule has 3 aromatic carbocycles. The molecule has 0 radical (unpaired) electrons. The topological polar surface area (TPSA) is 79.3 Å². The van der Waals surface area contributed by atoms with Crippen molar-refractivity contribution < 1.29 is 24.2 Å². The molecule has 9 heteroatoms. The first-order chi connectivity index (χ1) is 21.5. The average Bonchev–Trinajstić information content (AvgIpc) is 3.38. The molecule has 5 rings (SSSR count). The average molecular weight is 649 g/mol. The van der Waals surface area contributed by atoms with Gasteiger partial charge in [0.25, 0.3) is 5.91 Å². The molecule has 1 aliphatic rings. The number of carboxylic acid groups (broad SMARTS) is 1. The van der Waals surface area contributed by atoms with Crippen LogP contribution in [-0.4, -0.2) is 59.3 Å². The summed E-state index contributed by atoms with van der Waals surface area (Å²) in [5.41, 5.74) is 2.48. The first kappa shape index (κ1) is 32.6. The molecule has 45 heavy (non-hydrogen) atoms. The Labute approximate surface area is 274 Å². The Kier molecular flexibility index (Phi) is 9.94. The molecule has 0 atom stereocenters. The highest BCUT2D eigenvalue weighted by Gasteiger charge is 2.35. The molecule has 1 heterocycles. The summed E-state index contributed by atoms with van der Waals surface area (Å²) in [6.07, 6.45) is 2.31. The summed E-state index contributed by atoms with van der Waals surface area (Å²) in [5.74, 6) is 1.63. The van der Waals surface area contributed by atoms with Crippen LogP contribution in [0.2, 0.25) is 5.02 Å². The minimum Gasteiger partial charge on any atom is -0.497 e. The van der Waals surface area contributed by atoms with Gasteiger partial charge in [-0.25, -0.2) is 4.79 Å². The van der Waals surface area contributed by atoms with Gasteiger partial charge >= 0.3 is 6.09 Å². The third-order valence-electron chi connectivity index (χ3n) is 8.77. The van der Waals surface area contributed by atoms with Gasteiger partial charge in [-0.2, -0.15) is 0 Å². The van der Waals surface area contributed by atoms with Crippen LogP contribution in [0.4, 0.5) is 4.79 Å². The van der Waals surface area contributed by atoms with Gasteiger partial charge in [-0.1, -0.05) is 48.0 Å². The second kappa shape index (κ2) is 13.7. The third kappa shape index (κ3) is 7.23. The normalized spacial score (nSPS) is 16.8. The van der Waals surface area contributed by atoms with E-state index in [1.54, 1.807) is 14.2 Å². The molecule has 1 N–H and O–H groups in total. The van der Waals surface area contributed by atoms with Crippen LogP contribution in [-0.2, 0) is 6.54 Å². The summed E-state index contributed by atoms with van der Waals surface area (Å²) in [7, 11) is 3.30. The summed E-state index contributed by atoms with van der Waals surface area (Å²) in [5, 5.41) is 11.2. The van der Waals surface area contributed by atoms with E-state index in [-0.39, 0.29) is 17.9 Å². The van der Waals surface area contributed by atoms with E-state index in [9.17, 15) is 14.7 Å². The molecule has 0 bridgehead atoms. The molecule has 2 amide bonds. The number of halogens is 1. The van der Waals surface area contributed by atoms with Crippen LogP contribution in [0.1, 0.15) is 61.7 Å². The number of thiophene rings is 1. The van der Waals surface area contributed by atoms with Gasteiger partial charge in [0.2, 0.25) is 0 Å². The maximum Gasteiger partial charge on any atom is 0.407 e. The van der Waals surface area contributed by atoms with Crippen LogP contribution >= 0.6 is 22.9 Å². The van der Waals surface area contributed by atoms with E-state index in [0.29, 0.717) is 28.7 Å². The van der Waals surface area contributed by atoms with Gasteiger partial charge in [-0.15, -0.1) is 11.3 Å². The van der Waals surface area contributed by atoms with Crippen molar-refractivity contribution in [1.29, 1.82) is 0 Å². The standard InChI is InChI=1S/C36H41ClN2O5S/c1-36(2,3)39(35(41)42)21-23-10-15-27(16-11-23)38(34(40)33-32(37)29-8-6-7-9-31(29)45-33)22-26-20-25(14-19-30(26)44-5)24-12-17-28(43-4)18-13-24/h6-9,12-14,17-20,23,27H,10-11,15-16,21-22H2,1-5H3,(H,41,42). The number of hydrogen-bond acceptors (Lipinski definition) is 5. The highest BCUT2D eigenvalue weighted by Crippen LogP contribution is 2.39. The monoisotopic (exact) mass is 648 g/mol. The van der Waals surface area contributed by atoms with Crippen molar-refractivity contribution in [3.8, 4) is 22.6 Å². The number of rotatable bonds is 9. The van der Waals surface area contributed by atoms with Gasteiger partial charge in [0.15, 0.2) is 0 Å². The fourth-order valence-electron chi connectivity index (χ4n) is 6.23.